The molecule has 4 heterocycles. The predicted molar refractivity (Wildman–Crippen MR) is 294 cm³/mol. The van der Waals surface area contributed by atoms with Gasteiger partial charge in [-0.3, -0.25) is 23.2 Å². The molecule has 0 fully saturated rings. The quantitative estimate of drug-likeness (QED) is 0.0219. The summed E-state index contributed by atoms with van der Waals surface area (Å²) in [5.74, 6) is -0.962. The second-order valence-corrected chi connectivity index (χ2v) is 24.0. The molecule has 0 unspecified atom stereocenters. The van der Waals surface area contributed by atoms with Gasteiger partial charge in [-0.2, -0.15) is 63.6 Å². The minimum atomic E-state index is -5.09. The molecule has 420 valence electrons. The van der Waals surface area contributed by atoms with Gasteiger partial charge >= 0.3 is 10.1 Å². The van der Waals surface area contributed by atoms with Crippen LogP contribution in [0.4, 0.5) is 52.2 Å². The van der Waals surface area contributed by atoms with E-state index in [-0.39, 0.29) is 149 Å². The minimum absolute atomic E-state index is 0.00702. The summed E-state index contributed by atoms with van der Waals surface area (Å²) in [4.78, 5) is 34.9. The Morgan fingerprint density at radius 3 is 1.74 bits per heavy atom. The van der Waals surface area contributed by atoms with E-state index < -0.39 is 56.0 Å². The maximum atomic E-state index is 13.1. The van der Waals surface area contributed by atoms with Crippen molar-refractivity contribution in [3.8, 4) is 23.0 Å². The molecule has 8 N–H and O–H groups in total. The lowest BCUT2D eigenvalue weighted by Gasteiger charge is -2.27. The van der Waals surface area contributed by atoms with Crippen LogP contribution in [0.1, 0.15) is 12.8 Å². The third kappa shape index (κ3) is 12.7. The van der Waals surface area contributed by atoms with Crippen molar-refractivity contribution in [2.45, 2.75) is 32.4 Å². The Morgan fingerprint density at radius 1 is 0.625 bits per heavy atom. The Hall–Kier alpha value is -7.08. The van der Waals surface area contributed by atoms with E-state index in [0.717, 1.165) is 12.1 Å². The summed E-state index contributed by atoms with van der Waals surface area (Å²) < 4.78 is 151. The summed E-state index contributed by atoms with van der Waals surface area (Å²) in [5, 5.41) is 10.4. The van der Waals surface area contributed by atoms with Crippen molar-refractivity contribution in [1.82, 2.24) is 34.9 Å². The van der Waals surface area contributed by atoms with E-state index in [2.05, 4.69) is 61.1 Å². The second kappa shape index (κ2) is 22.5. The van der Waals surface area contributed by atoms with Gasteiger partial charge in [0, 0.05) is 51.6 Å². The molecule has 4 aromatic carbocycles. The van der Waals surface area contributed by atoms with Crippen molar-refractivity contribution in [2.75, 3.05) is 71.3 Å². The molecule has 0 amide bonds. The highest BCUT2D eigenvalue weighted by Crippen LogP contribution is 2.55. The highest BCUT2D eigenvalue weighted by atomic mass is 35.5. The van der Waals surface area contributed by atoms with Gasteiger partial charge in [0.15, 0.2) is 32.6 Å². The largest absolute Gasteiger partial charge is 0.450 e. The first-order chi connectivity index (χ1) is 37.6. The summed E-state index contributed by atoms with van der Waals surface area (Å²) in [6.07, 6.45) is 0.575. The van der Waals surface area contributed by atoms with Gasteiger partial charge in [-0.05, 0) is 96.7 Å². The van der Waals surface area contributed by atoms with Crippen molar-refractivity contribution in [3.05, 3.63) is 98.8 Å². The number of fused-ring (bicyclic) bond motifs is 4. The van der Waals surface area contributed by atoms with E-state index in [4.69, 9.17) is 55.6 Å². The van der Waals surface area contributed by atoms with Gasteiger partial charge in [0.25, 0.3) is 30.4 Å². The number of hydrogen-bond acceptors (Lipinski definition) is 24. The average molecular weight is 1260 g/mol. The van der Waals surface area contributed by atoms with Gasteiger partial charge in [0.1, 0.15) is 26.9 Å². The van der Waals surface area contributed by atoms with Crippen molar-refractivity contribution < 1.29 is 61.0 Å². The fourth-order valence-corrected chi connectivity index (χ4v) is 11.3. The lowest BCUT2D eigenvalue weighted by molar-refractivity contribution is 0.449. The van der Waals surface area contributed by atoms with Crippen LogP contribution in [0.25, 0.3) is 22.6 Å². The van der Waals surface area contributed by atoms with Crippen LogP contribution in [0.3, 0.4) is 0 Å². The van der Waals surface area contributed by atoms with Crippen LogP contribution in [0.2, 0.25) is 20.6 Å². The third-order valence-corrected chi connectivity index (χ3v) is 16.0. The number of nitrogens with zero attached hydrogens (tertiary/aromatic N) is 10. The SMILES string of the molecule is CN(CCCN=c1ccc2nc3c(Cl)c4c(c(Cl)c3oc-2c1S(=O)(=O)O)Nc1ccc(NCCCN(C)c2nc(Cl)nc(Nc3cccc(S(=O)(=O)O)c3)n2)c(S(=O)(=O)O)c1O4)c1nc(Cl)nc(Nc2cccc(S(=O)(=O)O)c2)n1. The molecule has 6 aromatic rings. The molecule has 0 atom stereocenters. The highest BCUT2D eigenvalue weighted by Gasteiger charge is 2.35. The molecule has 3 aliphatic rings. The monoisotopic (exact) mass is 1250 g/mol. The standard InChI is InChI=1S/C44H38Cl4N14O14S4/c1-61(43-57-39(47)55-41(59-43)51-21-7-3-9-23(19-21)77(63,64)65)17-5-15-49-27-13-11-25-33(37(27)79(69,70)71)75-35-29(45)32-36(30(46)31(35)53-25)76-34-26(54-32)12-14-28(38(34)80(72,73)74)50-16-6-18-62(2)44-58-40(48)56-42(60-44)52-22-8-4-10-24(20-22)78(66,67)68/h3-4,7-14,19-20,49,53H,5-6,15-18H2,1-2H3,(H,63,64,65)(H,66,67,68)(H,69,70,71)(H,72,73,74)(H,51,55,57,59)(H,52,56,58,60). The summed E-state index contributed by atoms with van der Waals surface area (Å²) >= 11 is 26.1. The van der Waals surface area contributed by atoms with E-state index in [0.29, 0.717) is 6.42 Å². The predicted octanol–water partition coefficient (Wildman–Crippen LogP) is 7.61. The third-order valence-electron chi connectivity index (χ3n) is 11.4. The number of anilines is 9. The first kappa shape index (κ1) is 57.6. The van der Waals surface area contributed by atoms with Crippen LogP contribution in [0.15, 0.2) is 102 Å². The van der Waals surface area contributed by atoms with Crippen LogP contribution >= 0.6 is 46.4 Å². The van der Waals surface area contributed by atoms with Crippen LogP contribution in [-0.4, -0.2) is 127 Å². The number of benzene rings is 5. The maximum absolute atomic E-state index is 13.1. The van der Waals surface area contributed by atoms with Crippen LogP contribution in [0.5, 0.6) is 11.5 Å². The zero-order valence-corrected chi connectivity index (χ0v) is 46.9. The van der Waals surface area contributed by atoms with Gasteiger partial charge < -0.3 is 40.2 Å². The first-order valence-electron chi connectivity index (χ1n) is 22.7. The van der Waals surface area contributed by atoms with Crippen molar-refractivity contribution in [2.24, 2.45) is 4.99 Å². The Morgan fingerprint density at radius 2 is 1.19 bits per heavy atom. The Kier molecular flexibility index (Phi) is 16.2. The van der Waals surface area contributed by atoms with Gasteiger partial charge in [-0.15, -0.1) is 0 Å². The second-order valence-electron chi connectivity index (χ2n) is 17.1. The highest BCUT2D eigenvalue weighted by molar-refractivity contribution is 7.86. The molecule has 1 aliphatic carbocycles. The molecule has 2 aliphatic heterocycles. The molecule has 0 radical (unpaired) electrons. The van der Waals surface area contributed by atoms with Gasteiger partial charge in [0.05, 0.1) is 26.5 Å². The van der Waals surface area contributed by atoms with Gasteiger partial charge in [0.2, 0.25) is 34.4 Å². The van der Waals surface area contributed by atoms with E-state index in [9.17, 15) is 51.9 Å². The molecule has 0 spiro atoms. The van der Waals surface area contributed by atoms with E-state index in [1.807, 2.05) is 0 Å². The topological polar surface area (TPSA) is 397 Å². The number of hydrogen-bond donors (Lipinski definition) is 8. The zero-order valence-electron chi connectivity index (χ0n) is 40.7. The Balaban J connectivity index is 0.913. The lowest BCUT2D eigenvalue weighted by Crippen LogP contribution is -2.24. The van der Waals surface area contributed by atoms with Crippen LogP contribution in [0, 0.1) is 0 Å². The first-order valence-corrected chi connectivity index (χ1v) is 29.9. The van der Waals surface area contributed by atoms with E-state index in [1.54, 1.807) is 23.9 Å². The molecule has 2 aromatic heterocycles. The number of rotatable bonds is 19. The Labute approximate surface area is 473 Å². The average Bonchev–Trinajstić information content (AvgIpc) is 3.55. The normalized spacial score (nSPS) is 12.8. The van der Waals surface area contributed by atoms with Crippen molar-refractivity contribution in [3.63, 3.8) is 0 Å². The molecule has 0 saturated heterocycles. The number of nitrogens with one attached hydrogen (secondary N) is 4. The molecule has 9 rings (SSSR count). The fourth-order valence-electron chi connectivity index (χ4n) is 7.86. The summed E-state index contributed by atoms with van der Waals surface area (Å²) in [7, 11) is -15.9. The molecule has 28 nitrogen and oxygen atoms in total. The summed E-state index contributed by atoms with van der Waals surface area (Å²) in [6.45, 7) is 0.563. The minimum Gasteiger partial charge on any atom is -0.450 e. The van der Waals surface area contributed by atoms with Gasteiger partial charge in [-0.1, -0.05) is 35.3 Å². The van der Waals surface area contributed by atoms with Crippen LogP contribution < -0.4 is 41.2 Å². The van der Waals surface area contributed by atoms with Crippen molar-refractivity contribution in [1.29, 1.82) is 0 Å². The fraction of sp³-hybridized carbons (Fsp3) is 0.182. The van der Waals surface area contributed by atoms with E-state index in [1.165, 1.54) is 60.7 Å². The number of ether oxygens (including phenoxy) is 1. The summed E-state index contributed by atoms with van der Waals surface area (Å²) in [6, 6.07) is 15.9. The molecule has 0 bridgehead atoms. The van der Waals surface area contributed by atoms with Crippen LogP contribution in [-0.2, 0) is 40.5 Å². The van der Waals surface area contributed by atoms with E-state index >= 15 is 0 Å². The molecule has 36 heteroatoms. The van der Waals surface area contributed by atoms with Gasteiger partial charge in [-0.25, -0.2) is 4.98 Å². The van der Waals surface area contributed by atoms with Crippen molar-refractivity contribution >= 4 is 150 Å². The smallest absolute Gasteiger partial charge is 0.300 e. The number of halogens is 4. The Bertz CT molecular complexity index is 4320. The number of aromatic nitrogens is 7. The molecular weight excluding hydrogens is 1220 g/mol. The maximum Gasteiger partial charge on any atom is 0.300 e. The lowest BCUT2D eigenvalue weighted by atomic mass is 10.1. The molecular formula is C44H38Cl4N14O14S4. The molecule has 0 saturated carbocycles. The summed E-state index contributed by atoms with van der Waals surface area (Å²) in [5.41, 5.74) is -0.290. The zero-order chi connectivity index (χ0) is 57.6. The molecule has 80 heavy (non-hydrogen) atoms.